The molecule has 2 rings (SSSR count). The molecule has 0 saturated carbocycles. The first-order chi connectivity index (χ1) is 9.06. The molecule has 19 heavy (non-hydrogen) atoms. The third-order valence-corrected chi connectivity index (χ3v) is 3.25. The Bertz CT molecular complexity index is 652. The average Bonchev–Trinajstić information content (AvgIpc) is 2.39. The van der Waals surface area contributed by atoms with Crippen molar-refractivity contribution in [2.45, 2.75) is 26.2 Å². The van der Waals surface area contributed by atoms with Crippen molar-refractivity contribution in [2.75, 3.05) is 0 Å². The Labute approximate surface area is 110 Å². The fourth-order valence-electron chi connectivity index (χ4n) is 2.36. The van der Waals surface area contributed by atoms with Crippen LogP contribution in [0.4, 0.5) is 5.69 Å². The molecule has 0 aliphatic heterocycles. The lowest BCUT2D eigenvalue weighted by Crippen LogP contribution is -2.08. The molecule has 1 heterocycles. The summed E-state index contributed by atoms with van der Waals surface area (Å²) in [5.41, 5.74) is 1.12. The van der Waals surface area contributed by atoms with E-state index in [2.05, 4.69) is 4.98 Å². The van der Waals surface area contributed by atoms with E-state index in [1.807, 2.05) is 6.92 Å². The molecule has 1 aromatic carbocycles. The van der Waals surface area contributed by atoms with Gasteiger partial charge in [0.15, 0.2) is 0 Å². The van der Waals surface area contributed by atoms with Gasteiger partial charge in [-0.25, -0.2) is 4.98 Å². The normalized spacial score (nSPS) is 12.3. The van der Waals surface area contributed by atoms with Crippen LogP contribution >= 0.6 is 0 Å². The molecule has 0 fully saturated rings. The van der Waals surface area contributed by atoms with Crippen LogP contribution in [-0.2, 0) is 4.79 Å². The summed E-state index contributed by atoms with van der Waals surface area (Å²) in [6.45, 7) is 3.47. The third-order valence-electron chi connectivity index (χ3n) is 3.25. The van der Waals surface area contributed by atoms with E-state index in [1.165, 1.54) is 19.2 Å². The van der Waals surface area contributed by atoms with Gasteiger partial charge in [-0.2, -0.15) is 0 Å². The number of benzene rings is 1. The highest BCUT2D eigenvalue weighted by Gasteiger charge is 2.21. The summed E-state index contributed by atoms with van der Waals surface area (Å²) in [7, 11) is 0. The summed E-state index contributed by atoms with van der Waals surface area (Å²) in [6, 6.07) is 6.59. The molecule has 0 amide bonds. The van der Waals surface area contributed by atoms with E-state index in [1.54, 1.807) is 18.2 Å². The van der Waals surface area contributed by atoms with Crippen LogP contribution in [0.2, 0.25) is 0 Å². The van der Waals surface area contributed by atoms with Crippen molar-refractivity contribution in [1.82, 2.24) is 4.98 Å². The molecule has 1 unspecified atom stereocenters. The molecule has 1 atom stereocenters. The van der Waals surface area contributed by atoms with Crippen LogP contribution in [0.3, 0.4) is 0 Å². The van der Waals surface area contributed by atoms with Crippen molar-refractivity contribution in [3.63, 3.8) is 0 Å². The van der Waals surface area contributed by atoms with Crippen LogP contribution in [-0.4, -0.2) is 15.7 Å². The molecule has 0 spiro atoms. The molecule has 0 N–H and O–H groups in total. The van der Waals surface area contributed by atoms with Crippen LogP contribution in [0.5, 0.6) is 0 Å². The number of aromatic nitrogens is 1. The first-order valence-corrected chi connectivity index (χ1v) is 6.08. The van der Waals surface area contributed by atoms with Gasteiger partial charge in [-0.15, -0.1) is 0 Å². The highest BCUT2D eigenvalue weighted by molar-refractivity contribution is 5.95. The predicted octanol–water partition coefficient (Wildman–Crippen LogP) is 3.23. The summed E-state index contributed by atoms with van der Waals surface area (Å²) in [4.78, 5) is 26.3. The first kappa shape index (κ1) is 13.1. The maximum atomic E-state index is 11.7. The zero-order chi connectivity index (χ0) is 14.0. The number of hydrogen-bond donors (Lipinski definition) is 0. The standard InChI is InChI=1S/C14H14N2O3/c1-3-10(9(2)17)11-6-7-13(16(18)19)14-12(11)5-4-8-15-14/h4-8,10H,3H2,1-2H3. The van der Waals surface area contributed by atoms with Crippen LogP contribution in [0, 0.1) is 10.1 Å². The molecular weight excluding hydrogens is 244 g/mol. The Hall–Kier alpha value is -2.30. The highest BCUT2D eigenvalue weighted by atomic mass is 16.6. The van der Waals surface area contributed by atoms with E-state index in [-0.39, 0.29) is 17.4 Å². The van der Waals surface area contributed by atoms with Crippen molar-refractivity contribution in [1.29, 1.82) is 0 Å². The SMILES string of the molecule is CCC(C(C)=O)c1ccc([N+](=O)[O-])c2ncccc12. The molecule has 0 saturated heterocycles. The van der Waals surface area contributed by atoms with Gasteiger partial charge >= 0.3 is 0 Å². The number of Topliss-reactive ketones (excluding diaryl/α,β-unsaturated/α-hetero) is 1. The van der Waals surface area contributed by atoms with Gasteiger partial charge in [0.2, 0.25) is 0 Å². The molecule has 0 radical (unpaired) electrons. The lowest BCUT2D eigenvalue weighted by atomic mass is 9.89. The van der Waals surface area contributed by atoms with Gasteiger partial charge in [-0.1, -0.05) is 19.1 Å². The van der Waals surface area contributed by atoms with Crippen molar-refractivity contribution in [2.24, 2.45) is 0 Å². The summed E-state index contributed by atoms with van der Waals surface area (Å²) < 4.78 is 0. The van der Waals surface area contributed by atoms with Gasteiger partial charge in [0, 0.05) is 23.6 Å². The van der Waals surface area contributed by atoms with E-state index in [0.29, 0.717) is 17.3 Å². The number of rotatable bonds is 4. The first-order valence-electron chi connectivity index (χ1n) is 6.08. The zero-order valence-corrected chi connectivity index (χ0v) is 10.8. The van der Waals surface area contributed by atoms with E-state index < -0.39 is 4.92 Å². The number of non-ortho nitro benzene ring substituents is 1. The summed E-state index contributed by atoms with van der Waals surface area (Å²) in [5.74, 6) is -0.186. The Morgan fingerprint density at radius 2 is 2.16 bits per heavy atom. The topological polar surface area (TPSA) is 73.1 Å². The molecule has 98 valence electrons. The average molecular weight is 258 g/mol. The number of carbonyl (C=O) groups excluding carboxylic acids is 1. The van der Waals surface area contributed by atoms with Gasteiger partial charge < -0.3 is 0 Å². The molecule has 0 aliphatic carbocycles. The summed E-state index contributed by atoms with van der Waals surface area (Å²) in [6.07, 6.45) is 2.19. The number of ketones is 1. The minimum absolute atomic E-state index is 0.0299. The smallest absolute Gasteiger partial charge is 0.295 e. The lowest BCUT2D eigenvalue weighted by molar-refractivity contribution is -0.383. The van der Waals surface area contributed by atoms with Crippen molar-refractivity contribution < 1.29 is 9.72 Å². The second-order valence-electron chi connectivity index (χ2n) is 4.40. The molecule has 1 aromatic heterocycles. The maximum Gasteiger partial charge on any atom is 0.295 e. The Kier molecular flexibility index (Phi) is 3.55. The molecule has 5 heteroatoms. The largest absolute Gasteiger partial charge is 0.299 e. The van der Waals surface area contributed by atoms with Crippen LogP contribution in [0.25, 0.3) is 10.9 Å². The number of nitro benzene ring substituents is 1. The molecule has 5 nitrogen and oxygen atoms in total. The monoisotopic (exact) mass is 258 g/mol. The van der Waals surface area contributed by atoms with E-state index >= 15 is 0 Å². The Morgan fingerprint density at radius 1 is 1.42 bits per heavy atom. The lowest BCUT2D eigenvalue weighted by Gasteiger charge is -2.14. The highest BCUT2D eigenvalue weighted by Crippen LogP contribution is 2.32. The van der Waals surface area contributed by atoms with Crippen molar-refractivity contribution in [3.8, 4) is 0 Å². The third kappa shape index (κ3) is 2.31. The fraction of sp³-hybridized carbons (Fsp3) is 0.286. The number of pyridine rings is 1. The van der Waals surface area contributed by atoms with E-state index in [0.717, 1.165) is 5.56 Å². The molecule has 2 aromatic rings. The van der Waals surface area contributed by atoms with Gasteiger partial charge in [0.1, 0.15) is 11.3 Å². The quantitative estimate of drug-likeness (QED) is 0.623. The second-order valence-corrected chi connectivity index (χ2v) is 4.40. The van der Waals surface area contributed by atoms with E-state index in [4.69, 9.17) is 0 Å². The van der Waals surface area contributed by atoms with Crippen LogP contribution in [0.1, 0.15) is 31.7 Å². The van der Waals surface area contributed by atoms with Gasteiger partial charge in [0.05, 0.1) is 4.92 Å². The number of fused-ring (bicyclic) bond motifs is 1. The fourth-order valence-corrected chi connectivity index (χ4v) is 2.36. The molecule has 0 bridgehead atoms. The van der Waals surface area contributed by atoms with Gasteiger partial charge in [-0.05, 0) is 25.0 Å². The minimum Gasteiger partial charge on any atom is -0.299 e. The second kappa shape index (κ2) is 5.14. The van der Waals surface area contributed by atoms with Gasteiger partial charge in [-0.3, -0.25) is 14.9 Å². The van der Waals surface area contributed by atoms with Gasteiger partial charge in [0.25, 0.3) is 5.69 Å². The minimum atomic E-state index is -0.451. The molecular formula is C14H14N2O3. The number of carbonyl (C=O) groups is 1. The number of nitro groups is 1. The number of nitrogens with zero attached hydrogens (tertiary/aromatic N) is 2. The molecule has 0 aliphatic rings. The van der Waals surface area contributed by atoms with Crippen LogP contribution < -0.4 is 0 Å². The maximum absolute atomic E-state index is 11.7. The summed E-state index contributed by atoms with van der Waals surface area (Å²) >= 11 is 0. The van der Waals surface area contributed by atoms with Crippen molar-refractivity contribution >= 4 is 22.4 Å². The van der Waals surface area contributed by atoms with Crippen molar-refractivity contribution in [3.05, 3.63) is 46.1 Å². The zero-order valence-electron chi connectivity index (χ0n) is 10.8. The van der Waals surface area contributed by atoms with E-state index in [9.17, 15) is 14.9 Å². The summed E-state index contributed by atoms with van der Waals surface area (Å²) in [5, 5.41) is 11.7. The Balaban J connectivity index is 2.75. The predicted molar refractivity (Wildman–Crippen MR) is 72.1 cm³/mol. The Morgan fingerprint density at radius 3 is 2.74 bits per heavy atom. The van der Waals surface area contributed by atoms with Crippen LogP contribution in [0.15, 0.2) is 30.5 Å². The number of hydrogen-bond acceptors (Lipinski definition) is 4.